The number of hydrogen-bond acceptors (Lipinski definition) is 3. The molecule has 6 nitrogen and oxygen atoms in total. The normalized spacial score (nSPS) is 11.3. The van der Waals surface area contributed by atoms with E-state index < -0.39 is 28.9 Å². The molecule has 0 aliphatic rings. The van der Waals surface area contributed by atoms with Crippen LogP contribution >= 0.6 is 0 Å². The van der Waals surface area contributed by atoms with Crippen LogP contribution in [0.2, 0.25) is 0 Å². The van der Waals surface area contributed by atoms with E-state index in [9.17, 15) is 27.6 Å². The number of hydrogen-bond donors (Lipinski definition) is 1. The lowest BCUT2D eigenvalue weighted by Crippen LogP contribution is -2.40. The van der Waals surface area contributed by atoms with Crippen molar-refractivity contribution in [2.24, 2.45) is 14.1 Å². The predicted octanol–water partition coefficient (Wildman–Crippen LogP) is 1.36. The monoisotopic (exact) mass is 327 g/mol. The van der Waals surface area contributed by atoms with E-state index in [2.05, 4.69) is 5.32 Å². The molecule has 0 saturated carbocycles. The van der Waals surface area contributed by atoms with Gasteiger partial charge in [0.15, 0.2) is 0 Å². The van der Waals surface area contributed by atoms with E-state index in [1.54, 1.807) is 0 Å². The van der Waals surface area contributed by atoms with Gasteiger partial charge in [0.2, 0.25) is 0 Å². The lowest BCUT2D eigenvalue weighted by atomic mass is 10.2. The Morgan fingerprint density at radius 1 is 1.17 bits per heavy atom. The highest BCUT2D eigenvalue weighted by Gasteiger charge is 2.30. The molecule has 0 aliphatic carbocycles. The van der Waals surface area contributed by atoms with Crippen LogP contribution in [0.15, 0.2) is 40.1 Å². The molecule has 23 heavy (non-hydrogen) atoms. The SMILES string of the molecule is Cn1cc(C(=O)Nc2cccc(C(F)(F)F)c2)c(=O)n(C)c1=O. The first-order valence-corrected chi connectivity index (χ1v) is 6.36. The summed E-state index contributed by atoms with van der Waals surface area (Å²) < 4.78 is 39.7. The van der Waals surface area contributed by atoms with Crippen LogP contribution in [0.3, 0.4) is 0 Å². The molecule has 0 bridgehead atoms. The van der Waals surface area contributed by atoms with Crippen molar-refractivity contribution in [2.45, 2.75) is 6.18 Å². The van der Waals surface area contributed by atoms with Gasteiger partial charge in [0.1, 0.15) is 5.56 Å². The van der Waals surface area contributed by atoms with Crippen LogP contribution in [-0.2, 0) is 20.3 Å². The van der Waals surface area contributed by atoms with Gasteiger partial charge in [0, 0.05) is 26.0 Å². The zero-order valence-electron chi connectivity index (χ0n) is 12.1. The lowest BCUT2D eigenvalue weighted by molar-refractivity contribution is -0.137. The maximum absolute atomic E-state index is 12.6. The van der Waals surface area contributed by atoms with E-state index in [-0.39, 0.29) is 11.3 Å². The van der Waals surface area contributed by atoms with Crippen molar-refractivity contribution in [3.8, 4) is 0 Å². The molecule has 9 heteroatoms. The Balaban J connectivity index is 2.38. The molecule has 1 heterocycles. The molecule has 2 aromatic rings. The van der Waals surface area contributed by atoms with Gasteiger partial charge in [0.25, 0.3) is 11.5 Å². The second-order valence-electron chi connectivity index (χ2n) is 4.83. The molecule has 1 amide bonds. The zero-order valence-corrected chi connectivity index (χ0v) is 12.1. The Bertz CT molecular complexity index is 881. The van der Waals surface area contributed by atoms with Crippen molar-refractivity contribution < 1.29 is 18.0 Å². The van der Waals surface area contributed by atoms with E-state index in [1.165, 1.54) is 20.2 Å². The third kappa shape index (κ3) is 3.33. The maximum atomic E-state index is 12.6. The van der Waals surface area contributed by atoms with Crippen LogP contribution < -0.4 is 16.6 Å². The van der Waals surface area contributed by atoms with Crippen molar-refractivity contribution >= 4 is 11.6 Å². The van der Waals surface area contributed by atoms with Gasteiger partial charge in [-0.3, -0.25) is 14.2 Å². The summed E-state index contributed by atoms with van der Waals surface area (Å²) in [6.45, 7) is 0. The van der Waals surface area contributed by atoms with E-state index in [0.29, 0.717) is 0 Å². The molecule has 0 aliphatic heterocycles. The smallest absolute Gasteiger partial charge is 0.322 e. The van der Waals surface area contributed by atoms with Crippen molar-refractivity contribution in [1.82, 2.24) is 9.13 Å². The summed E-state index contributed by atoms with van der Waals surface area (Å²) in [5, 5.41) is 2.22. The van der Waals surface area contributed by atoms with Gasteiger partial charge < -0.3 is 9.88 Å². The fourth-order valence-corrected chi connectivity index (χ4v) is 1.94. The van der Waals surface area contributed by atoms with E-state index in [0.717, 1.165) is 33.5 Å². The molecule has 0 saturated heterocycles. The van der Waals surface area contributed by atoms with Crippen molar-refractivity contribution in [3.63, 3.8) is 0 Å². The summed E-state index contributed by atoms with van der Waals surface area (Å²) in [6.07, 6.45) is -3.51. The van der Waals surface area contributed by atoms with Crippen molar-refractivity contribution in [3.05, 3.63) is 62.4 Å². The number of benzene rings is 1. The number of anilines is 1. The second kappa shape index (κ2) is 5.75. The quantitative estimate of drug-likeness (QED) is 0.905. The molecule has 1 aromatic carbocycles. The second-order valence-corrected chi connectivity index (χ2v) is 4.83. The molecule has 2 rings (SSSR count). The molecular formula is C14H12F3N3O3. The van der Waals surface area contributed by atoms with Crippen LogP contribution in [0, 0.1) is 0 Å². The Morgan fingerprint density at radius 2 is 1.83 bits per heavy atom. The Morgan fingerprint density at radius 3 is 2.43 bits per heavy atom. The number of aromatic nitrogens is 2. The number of alkyl halides is 3. The van der Waals surface area contributed by atoms with Gasteiger partial charge in [-0.15, -0.1) is 0 Å². The fourth-order valence-electron chi connectivity index (χ4n) is 1.94. The van der Waals surface area contributed by atoms with Gasteiger partial charge in [0.05, 0.1) is 5.56 Å². The van der Waals surface area contributed by atoms with E-state index in [1.807, 2.05) is 0 Å². The number of halogens is 3. The van der Waals surface area contributed by atoms with E-state index in [4.69, 9.17) is 0 Å². The zero-order chi connectivity index (χ0) is 17.4. The summed E-state index contributed by atoms with van der Waals surface area (Å²) in [4.78, 5) is 35.5. The average Bonchev–Trinajstić information content (AvgIpc) is 2.48. The number of carbonyl (C=O) groups is 1. The first kappa shape index (κ1) is 16.5. The van der Waals surface area contributed by atoms with Gasteiger partial charge in [-0.2, -0.15) is 13.2 Å². The molecule has 1 aromatic heterocycles. The van der Waals surface area contributed by atoms with Gasteiger partial charge in [-0.1, -0.05) is 6.07 Å². The van der Waals surface area contributed by atoms with Gasteiger partial charge in [-0.05, 0) is 18.2 Å². The number of nitrogens with one attached hydrogen (secondary N) is 1. The Kier molecular flexibility index (Phi) is 4.13. The third-order valence-corrected chi connectivity index (χ3v) is 3.14. The van der Waals surface area contributed by atoms with Crippen LogP contribution in [0.5, 0.6) is 0 Å². The summed E-state index contributed by atoms with van der Waals surface area (Å²) >= 11 is 0. The lowest BCUT2D eigenvalue weighted by Gasteiger charge is -2.10. The predicted molar refractivity (Wildman–Crippen MR) is 76.3 cm³/mol. The first-order chi connectivity index (χ1) is 10.6. The molecular weight excluding hydrogens is 315 g/mol. The first-order valence-electron chi connectivity index (χ1n) is 6.36. The number of rotatable bonds is 2. The van der Waals surface area contributed by atoms with Crippen molar-refractivity contribution in [1.29, 1.82) is 0 Å². The minimum atomic E-state index is -4.55. The highest BCUT2D eigenvalue weighted by molar-refractivity contribution is 6.03. The Labute approximate surface area is 127 Å². The maximum Gasteiger partial charge on any atom is 0.416 e. The van der Waals surface area contributed by atoms with E-state index >= 15 is 0 Å². The molecule has 0 atom stereocenters. The number of nitrogens with zero attached hydrogens (tertiary/aromatic N) is 2. The largest absolute Gasteiger partial charge is 0.416 e. The molecule has 0 unspecified atom stereocenters. The van der Waals surface area contributed by atoms with Crippen LogP contribution in [0.4, 0.5) is 18.9 Å². The number of carbonyl (C=O) groups excluding carboxylic acids is 1. The Hall–Kier alpha value is -2.84. The summed E-state index contributed by atoms with van der Waals surface area (Å²) in [5.41, 5.74) is -2.85. The summed E-state index contributed by atoms with van der Waals surface area (Å²) in [7, 11) is 2.55. The minimum Gasteiger partial charge on any atom is -0.322 e. The minimum absolute atomic E-state index is 0.110. The standard InChI is InChI=1S/C14H12F3N3O3/c1-19-7-10(12(22)20(2)13(19)23)11(21)18-9-5-3-4-8(6-9)14(15,16)17/h3-7H,1-2H3,(H,18,21). The summed E-state index contributed by atoms with van der Waals surface area (Å²) in [5.74, 6) is -0.902. The highest BCUT2D eigenvalue weighted by Crippen LogP contribution is 2.30. The molecule has 0 spiro atoms. The van der Waals surface area contributed by atoms with Crippen LogP contribution in [0.25, 0.3) is 0 Å². The number of amides is 1. The molecule has 122 valence electrons. The van der Waals surface area contributed by atoms with Crippen molar-refractivity contribution in [2.75, 3.05) is 5.32 Å². The third-order valence-electron chi connectivity index (χ3n) is 3.14. The van der Waals surface area contributed by atoms with Crippen LogP contribution in [0.1, 0.15) is 15.9 Å². The van der Waals surface area contributed by atoms with Crippen LogP contribution in [-0.4, -0.2) is 15.0 Å². The molecule has 1 N–H and O–H groups in total. The molecule has 0 radical (unpaired) electrons. The van der Waals surface area contributed by atoms with Gasteiger partial charge >= 0.3 is 11.9 Å². The average molecular weight is 327 g/mol. The fraction of sp³-hybridized carbons (Fsp3) is 0.214. The molecule has 0 fully saturated rings. The summed E-state index contributed by atoms with van der Waals surface area (Å²) in [6, 6.07) is 4.02. The topological polar surface area (TPSA) is 73.1 Å². The number of aryl methyl sites for hydroxylation is 1. The highest BCUT2D eigenvalue weighted by atomic mass is 19.4. The van der Waals surface area contributed by atoms with Gasteiger partial charge in [-0.25, -0.2) is 4.79 Å².